The SMILES string of the molecule is CCOC(=O)c1nocc1C(=O)c1cccc(Cl)c1. The Hall–Kier alpha value is -2.14. The van der Waals surface area contributed by atoms with Gasteiger partial charge in [-0.25, -0.2) is 4.79 Å². The first-order chi connectivity index (χ1) is 9.13. The van der Waals surface area contributed by atoms with Crippen molar-refractivity contribution in [2.75, 3.05) is 6.61 Å². The van der Waals surface area contributed by atoms with E-state index in [4.69, 9.17) is 16.3 Å². The molecule has 0 saturated carbocycles. The number of benzene rings is 1. The van der Waals surface area contributed by atoms with Crippen LogP contribution in [0.3, 0.4) is 0 Å². The number of ketones is 1. The molecule has 98 valence electrons. The molecule has 2 rings (SSSR count). The van der Waals surface area contributed by atoms with Crippen molar-refractivity contribution in [3.05, 3.63) is 52.4 Å². The third-order valence-corrected chi connectivity index (χ3v) is 2.60. The highest BCUT2D eigenvalue weighted by Gasteiger charge is 2.23. The first-order valence-electron chi connectivity index (χ1n) is 5.55. The quantitative estimate of drug-likeness (QED) is 0.636. The number of hydrogen-bond donors (Lipinski definition) is 0. The average molecular weight is 280 g/mol. The van der Waals surface area contributed by atoms with Crippen molar-refractivity contribution in [2.45, 2.75) is 6.92 Å². The summed E-state index contributed by atoms with van der Waals surface area (Å²) in [6.07, 6.45) is 1.12. The lowest BCUT2D eigenvalue weighted by molar-refractivity contribution is 0.0512. The number of halogens is 1. The van der Waals surface area contributed by atoms with Crippen LogP contribution in [0.25, 0.3) is 0 Å². The molecule has 5 nitrogen and oxygen atoms in total. The van der Waals surface area contributed by atoms with Crippen LogP contribution < -0.4 is 0 Å². The van der Waals surface area contributed by atoms with Crippen LogP contribution in [0.4, 0.5) is 0 Å². The van der Waals surface area contributed by atoms with Crippen molar-refractivity contribution in [3.8, 4) is 0 Å². The fourth-order valence-corrected chi connectivity index (χ4v) is 1.72. The van der Waals surface area contributed by atoms with E-state index in [1.54, 1.807) is 25.1 Å². The number of hydrogen-bond acceptors (Lipinski definition) is 5. The molecule has 0 saturated heterocycles. The van der Waals surface area contributed by atoms with E-state index < -0.39 is 11.8 Å². The van der Waals surface area contributed by atoms with Crippen molar-refractivity contribution in [1.29, 1.82) is 0 Å². The molecule has 0 unspecified atom stereocenters. The zero-order valence-corrected chi connectivity index (χ0v) is 10.8. The second kappa shape index (κ2) is 5.67. The summed E-state index contributed by atoms with van der Waals surface area (Å²) in [4.78, 5) is 23.8. The zero-order chi connectivity index (χ0) is 13.8. The van der Waals surface area contributed by atoms with Crippen LogP contribution in [0.1, 0.15) is 33.3 Å². The van der Waals surface area contributed by atoms with E-state index in [1.807, 2.05) is 0 Å². The van der Waals surface area contributed by atoms with Gasteiger partial charge in [-0.3, -0.25) is 4.79 Å². The lowest BCUT2D eigenvalue weighted by Gasteiger charge is -2.01. The maximum Gasteiger partial charge on any atom is 0.361 e. The van der Waals surface area contributed by atoms with E-state index >= 15 is 0 Å². The lowest BCUT2D eigenvalue weighted by atomic mass is 10.0. The smallest absolute Gasteiger partial charge is 0.361 e. The molecule has 0 aliphatic carbocycles. The summed E-state index contributed by atoms with van der Waals surface area (Å²) in [5.74, 6) is -1.09. The van der Waals surface area contributed by atoms with Crippen LogP contribution in [-0.4, -0.2) is 23.5 Å². The predicted octanol–water partition coefficient (Wildman–Crippen LogP) is 2.74. The van der Waals surface area contributed by atoms with Crippen molar-refractivity contribution in [3.63, 3.8) is 0 Å². The second-order valence-corrected chi connectivity index (χ2v) is 4.07. The van der Waals surface area contributed by atoms with Crippen LogP contribution in [0.15, 0.2) is 35.1 Å². The molecule has 1 aromatic carbocycles. The Morgan fingerprint density at radius 1 is 1.42 bits per heavy atom. The Morgan fingerprint density at radius 3 is 2.89 bits per heavy atom. The summed E-state index contributed by atoms with van der Waals surface area (Å²) >= 11 is 5.82. The Balaban J connectivity index is 2.35. The van der Waals surface area contributed by atoms with E-state index in [1.165, 1.54) is 6.07 Å². The molecule has 0 aliphatic heterocycles. The van der Waals surface area contributed by atoms with Gasteiger partial charge in [0, 0.05) is 10.6 Å². The molecule has 0 amide bonds. The molecule has 0 radical (unpaired) electrons. The fraction of sp³-hybridized carbons (Fsp3) is 0.154. The van der Waals surface area contributed by atoms with Gasteiger partial charge in [0.25, 0.3) is 0 Å². The molecule has 0 bridgehead atoms. The third kappa shape index (κ3) is 2.82. The third-order valence-electron chi connectivity index (χ3n) is 2.37. The minimum Gasteiger partial charge on any atom is -0.461 e. The number of carbonyl (C=O) groups excluding carboxylic acids is 2. The van der Waals surface area contributed by atoms with Crippen molar-refractivity contribution in [1.82, 2.24) is 5.16 Å². The highest BCUT2D eigenvalue weighted by atomic mass is 35.5. The number of nitrogens with zero attached hydrogens (tertiary/aromatic N) is 1. The van der Waals surface area contributed by atoms with Gasteiger partial charge < -0.3 is 9.26 Å². The molecule has 0 N–H and O–H groups in total. The van der Waals surface area contributed by atoms with E-state index in [0.29, 0.717) is 10.6 Å². The highest BCUT2D eigenvalue weighted by Crippen LogP contribution is 2.17. The lowest BCUT2D eigenvalue weighted by Crippen LogP contribution is -2.11. The summed E-state index contributed by atoms with van der Waals surface area (Å²) in [7, 11) is 0. The van der Waals surface area contributed by atoms with Crippen LogP contribution in [-0.2, 0) is 4.74 Å². The van der Waals surface area contributed by atoms with E-state index in [2.05, 4.69) is 9.68 Å². The topological polar surface area (TPSA) is 69.4 Å². The van der Waals surface area contributed by atoms with Gasteiger partial charge >= 0.3 is 5.97 Å². The molecule has 0 atom stereocenters. The van der Waals surface area contributed by atoms with Gasteiger partial charge in [0.2, 0.25) is 5.69 Å². The van der Waals surface area contributed by atoms with Crippen LogP contribution >= 0.6 is 11.6 Å². The van der Waals surface area contributed by atoms with Gasteiger partial charge in [0.1, 0.15) is 6.26 Å². The van der Waals surface area contributed by atoms with Crippen LogP contribution in [0.2, 0.25) is 5.02 Å². The summed E-state index contributed by atoms with van der Waals surface area (Å²) in [5.41, 5.74) is 0.272. The molecule has 0 spiro atoms. The molecule has 0 aliphatic rings. The monoisotopic (exact) mass is 279 g/mol. The summed E-state index contributed by atoms with van der Waals surface area (Å²) in [5, 5.41) is 3.93. The number of ether oxygens (including phenoxy) is 1. The highest BCUT2D eigenvalue weighted by molar-refractivity contribution is 6.31. The number of aromatic nitrogens is 1. The molecule has 6 heteroatoms. The molecule has 2 aromatic rings. The zero-order valence-electron chi connectivity index (χ0n) is 10.1. The number of carbonyl (C=O) groups is 2. The van der Waals surface area contributed by atoms with Gasteiger partial charge in [-0.2, -0.15) is 0 Å². The number of rotatable bonds is 4. The summed E-state index contributed by atoms with van der Waals surface area (Å²) < 4.78 is 9.48. The Labute approximate surface area is 114 Å². The van der Waals surface area contributed by atoms with Gasteiger partial charge in [-0.1, -0.05) is 28.9 Å². The molecule has 1 heterocycles. The van der Waals surface area contributed by atoms with Crippen molar-refractivity contribution < 1.29 is 18.8 Å². The Morgan fingerprint density at radius 2 is 2.21 bits per heavy atom. The minimum atomic E-state index is -0.693. The Bertz CT molecular complexity index is 621. The second-order valence-electron chi connectivity index (χ2n) is 3.64. The largest absolute Gasteiger partial charge is 0.461 e. The van der Waals surface area contributed by atoms with E-state index in [0.717, 1.165) is 6.26 Å². The molecular weight excluding hydrogens is 270 g/mol. The molecular formula is C13H10ClNO4. The van der Waals surface area contributed by atoms with Crippen LogP contribution in [0, 0.1) is 0 Å². The van der Waals surface area contributed by atoms with Gasteiger partial charge in [0.05, 0.1) is 12.2 Å². The normalized spacial score (nSPS) is 10.2. The molecule has 19 heavy (non-hydrogen) atoms. The predicted molar refractivity (Wildman–Crippen MR) is 67.3 cm³/mol. The van der Waals surface area contributed by atoms with Gasteiger partial charge in [0.15, 0.2) is 5.78 Å². The maximum atomic E-state index is 12.2. The van der Waals surface area contributed by atoms with Gasteiger partial charge in [-0.15, -0.1) is 0 Å². The Kier molecular flexibility index (Phi) is 3.97. The number of esters is 1. The van der Waals surface area contributed by atoms with Crippen molar-refractivity contribution in [2.24, 2.45) is 0 Å². The summed E-state index contributed by atoms with van der Waals surface area (Å²) in [6.45, 7) is 1.85. The van der Waals surface area contributed by atoms with Crippen molar-refractivity contribution >= 4 is 23.4 Å². The summed E-state index contributed by atoms with van der Waals surface area (Å²) in [6, 6.07) is 6.40. The standard InChI is InChI=1S/C13H10ClNO4/c1-2-18-13(17)11-10(7-19-15-11)12(16)8-4-3-5-9(14)6-8/h3-7H,2H2,1H3. The molecule has 0 fully saturated rings. The van der Waals surface area contributed by atoms with Crippen LogP contribution in [0.5, 0.6) is 0 Å². The average Bonchev–Trinajstić information content (AvgIpc) is 2.87. The molecule has 1 aromatic heterocycles. The maximum absolute atomic E-state index is 12.2. The minimum absolute atomic E-state index is 0.0562. The van der Waals surface area contributed by atoms with Gasteiger partial charge in [-0.05, 0) is 19.1 Å². The fourth-order valence-electron chi connectivity index (χ4n) is 1.53. The first-order valence-corrected chi connectivity index (χ1v) is 5.93. The first kappa shape index (κ1) is 13.3. The van der Waals surface area contributed by atoms with E-state index in [9.17, 15) is 9.59 Å². The van der Waals surface area contributed by atoms with E-state index in [-0.39, 0.29) is 17.9 Å².